The van der Waals surface area contributed by atoms with Gasteiger partial charge in [0.25, 0.3) is 0 Å². The molecule has 0 saturated heterocycles. The fourth-order valence-corrected chi connectivity index (χ4v) is 20.5. The van der Waals surface area contributed by atoms with Gasteiger partial charge in [-0.1, -0.05) is 96.3 Å². The van der Waals surface area contributed by atoms with Gasteiger partial charge >= 0.3 is 0 Å². The van der Waals surface area contributed by atoms with Crippen LogP contribution in [0.3, 0.4) is 0 Å². The quantitative estimate of drug-likeness (QED) is 0.280. The summed E-state index contributed by atoms with van der Waals surface area (Å²) >= 11 is 2.28. The number of hydrogen-bond donors (Lipinski definition) is 0. The standard InChI is InChI=1S/C54H84S/c1-3-11-35(12-4-1)36-19-24-40(25-20-36)54-48-32-43-17-8-7-16-42(43)31-47(48)53(49-33-44-28-21-37-13-9-10-18-45(37)46(44)34-50(49)54)41-26-22-39(23-27-41)52-30-29-51(55-52)38-14-5-2-6-15-38/h29-30,35-50,53-54H,1-28,31-34H2. The average molecular weight is 765 g/mol. The fraction of sp³-hybridized carbons (Fsp3) is 0.926. The van der Waals surface area contributed by atoms with Crippen molar-refractivity contribution in [3.05, 3.63) is 21.9 Å². The fourth-order valence-electron chi connectivity index (χ4n) is 19.2. The molecule has 10 aliphatic carbocycles. The van der Waals surface area contributed by atoms with Crippen LogP contribution < -0.4 is 0 Å². The van der Waals surface area contributed by atoms with E-state index in [1.54, 1.807) is 164 Å². The van der Waals surface area contributed by atoms with Gasteiger partial charge in [0.15, 0.2) is 0 Å². The molecular formula is C54H84S. The van der Waals surface area contributed by atoms with Gasteiger partial charge in [-0.2, -0.15) is 0 Å². The first-order valence-electron chi connectivity index (χ1n) is 26.3. The maximum absolute atomic E-state index is 2.63. The minimum absolute atomic E-state index is 0.882. The Bertz CT molecular complexity index is 1380. The first-order chi connectivity index (χ1) is 27.2. The van der Waals surface area contributed by atoms with Gasteiger partial charge in [0.2, 0.25) is 0 Å². The van der Waals surface area contributed by atoms with Crippen molar-refractivity contribution in [2.75, 3.05) is 0 Å². The van der Waals surface area contributed by atoms with Crippen molar-refractivity contribution in [3.63, 3.8) is 0 Å². The Morgan fingerprint density at radius 3 is 1.31 bits per heavy atom. The molecular weight excluding hydrogens is 681 g/mol. The number of rotatable bonds is 5. The molecule has 0 amide bonds. The molecule has 10 saturated carbocycles. The zero-order valence-corrected chi connectivity index (χ0v) is 36.4. The van der Waals surface area contributed by atoms with E-state index in [0.717, 1.165) is 107 Å². The maximum atomic E-state index is 2.63. The van der Waals surface area contributed by atoms with Crippen molar-refractivity contribution in [3.8, 4) is 0 Å². The molecule has 10 fully saturated rings. The average Bonchev–Trinajstić information content (AvgIpc) is 3.76. The molecule has 10 aliphatic rings. The zero-order valence-electron chi connectivity index (χ0n) is 35.6. The molecule has 0 radical (unpaired) electrons. The second-order valence-corrected chi connectivity index (χ2v) is 24.7. The first kappa shape index (κ1) is 37.7. The zero-order chi connectivity index (χ0) is 36.3. The summed E-state index contributed by atoms with van der Waals surface area (Å²) in [5.74, 6) is 19.4. The molecule has 0 spiro atoms. The van der Waals surface area contributed by atoms with Crippen molar-refractivity contribution in [1.29, 1.82) is 0 Å². The second-order valence-electron chi connectivity index (χ2n) is 23.5. The maximum Gasteiger partial charge on any atom is 0.00792 e. The van der Waals surface area contributed by atoms with Gasteiger partial charge in [-0.25, -0.2) is 0 Å². The summed E-state index contributed by atoms with van der Waals surface area (Å²) in [5, 5.41) is 0. The molecule has 0 bridgehead atoms. The van der Waals surface area contributed by atoms with E-state index in [-0.39, 0.29) is 0 Å². The van der Waals surface area contributed by atoms with Gasteiger partial charge in [-0.3, -0.25) is 0 Å². The lowest BCUT2D eigenvalue weighted by Crippen LogP contribution is -2.58. The van der Waals surface area contributed by atoms with E-state index in [0.29, 0.717) is 0 Å². The highest BCUT2D eigenvalue weighted by Crippen LogP contribution is 2.68. The van der Waals surface area contributed by atoms with Crippen LogP contribution in [0.1, 0.15) is 227 Å². The van der Waals surface area contributed by atoms with Gasteiger partial charge in [0.1, 0.15) is 0 Å². The minimum atomic E-state index is 0.882. The van der Waals surface area contributed by atoms with E-state index < -0.39 is 0 Å². The number of hydrogen-bond acceptors (Lipinski definition) is 1. The number of thiophene rings is 1. The third kappa shape index (κ3) is 7.35. The molecule has 11 rings (SSSR count). The summed E-state index contributed by atoms with van der Waals surface area (Å²) in [6.45, 7) is 0. The van der Waals surface area contributed by atoms with Crippen LogP contribution in [0.5, 0.6) is 0 Å². The molecule has 1 aromatic heterocycles. The van der Waals surface area contributed by atoms with Crippen molar-refractivity contribution >= 4 is 11.3 Å². The first-order valence-corrected chi connectivity index (χ1v) is 27.2. The minimum Gasteiger partial charge on any atom is -0.145 e. The third-order valence-electron chi connectivity index (χ3n) is 21.5. The molecule has 306 valence electrons. The van der Waals surface area contributed by atoms with E-state index in [9.17, 15) is 0 Å². The summed E-state index contributed by atoms with van der Waals surface area (Å²) in [5.41, 5.74) is 0. The smallest absolute Gasteiger partial charge is 0.00792 e. The van der Waals surface area contributed by atoms with E-state index in [4.69, 9.17) is 0 Å². The van der Waals surface area contributed by atoms with Crippen LogP contribution in [0.25, 0.3) is 0 Å². The Labute approximate surface area is 343 Å². The summed E-state index contributed by atoms with van der Waals surface area (Å²) in [7, 11) is 0. The molecule has 1 heterocycles. The molecule has 0 nitrogen and oxygen atoms in total. The van der Waals surface area contributed by atoms with Gasteiger partial charge < -0.3 is 0 Å². The monoisotopic (exact) mass is 765 g/mol. The highest BCUT2D eigenvalue weighted by Gasteiger charge is 2.60. The predicted molar refractivity (Wildman–Crippen MR) is 233 cm³/mol. The summed E-state index contributed by atoms with van der Waals surface area (Å²) in [6.07, 6.45) is 50.6. The topological polar surface area (TPSA) is 0 Å². The Balaban J connectivity index is 0.882. The third-order valence-corrected chi connectivity index (χ3v) is 22.9. The Hall–Kier alpha value is -0.300. The second kappa shape index (κ2) is 16.6. The molecule has 0 aromatic carbocycles. The van der Waals surface area contributed by atoms with E-state index in [2.05, 4.69) is 23.5 Å². The van der Waals surface area contributed by atoms with Crippen LogP contribution in [0.2, 0.25) is 0 Å². The Morgan fingerprint density at radius 2 is 0.673 bits per heavy atom. The largest absolute Gasteiger partial charge is 0.145 e. The van der Waals surface area contributed by atoms with Gasteiger partial charge in [-0.15, -0.1) is 11.3 Å². The van der Waals surface area contributed by atoms with E-state index >= 15 is 0 Å². The molecule has 12 atom stereocenters. The van der Waals surface area contributed by atoms with Crippen molar-refractivity contribution in [2.24, 2.45) is 94.7 Å². The molecule has 1 heteroatoms. The van der Waals surface area contributed by atoms with Crippen molar-refractivity contribution < 1.29 is 0 Å². The van der Waals surface area contributed by atoms with E-state index in [1.807, 2.05) is 0 Å². The van der Waals surface area contributed by atoms with Gasteiger partial charge in [0, 0.05) is 9.75 Å². The highest BCUT2D eigenvalue weighted by atomic mass is 32.1. The number of fused-ring (bicyclic) bond motifs is 6. The highest BCUT2D eigenvalue weighted by molar-refractivity contribution is 7.12. The van der Waals surface area contributed by atoms with Gasteiger partial charge in [-0.05, 0) is 228 Å². The summed E-state index contributed by atoms with van der Waals surface area (Å²) < 4.78 is 0. The summed E-state index contributed by atoms with van der Waals surface area (Å²) in [4.78, 5) is 3.57. The lowest BCUT2D eigenvalue weighted by Gasteiger charge is -2.65. The van der Waals surface area contributed by atoms with Crippen LogP contribution in [0.4, 0.5) is 0 Å². The molecule has 0 aliphatic heterocycles. The molecule has 0 N–H and O–H groups in total. The van der Waals surface area contributed by atoms with E-state index in [1.165, 1.54) is 51.4 Å². The van der Waals surface area contributed by atoms with Crippen LogP contribution >= 0.6 is 11.3 Å². The molecule has 55 heavy (non-hydrogen) atoms. The Kier molecular flexibility index (Phi) is 11.4. The predicted octanol–water partition coefficient (Wildman–Crippen LogP) is 16.4. The van der Waals surface area contributed by atoms with Crippen LogP contribution in [0.15, 0.2) is 12.1 Å². The van der Waals surface area contributed by atoms with Crippen molar-refractivity contribution in [1.82, 2.24) is 0 Å². The lowest BCUT2D eigenvalue weighted by atomic mass is 9.40. The summed E-state index contributed by atoms with van der Waals surface area (Å²) in [6, 6.07) is 5.23. The van der Waals surface area contributed by atoms with Crippen molar-refractivity contribution in [2.45, 2.75) is 217 Å². The molecule has 1 aromatic rings. The Morgan fingerprint density at radius 1 is 0.273 bits per heavy atom. The van der Waals surface area contributed by atoms with Gasteiger partial charge in [0.05, 0.1) is 0 Å². The SMILES string of the molecule is c1cc(C2CCC(C3C4CC5CCCCC5CC4C(C4CCC(C5CCCCC5)CC4)C4CC5C(CCC6CCCCC65)CC43)CC2)sc1C1CCCCC1. The normalized spacial score (nSPS) is 48.4. The van der Waals surface area contributed by atoms with Crippen LogP contribution in [-0.2, 0) is 0 Å². The molecule has 12 unspecified atom stereocenters. The van der Waals surface area contributed by atoms with Crippen LogP contribution in [0, 0.1) is 94.7 Å². The van der Waals surface area contributed by atoms with Crippen LogP contribution in [-0.4, -0.2) is 0 Å². The lowest BCUT2D eigenvalue weighted by molar-refractivity contribution is -0.161.